The van der Waals surface area contributed by atoms with Gasteiger partial charge in [0.05, 0.1) is 30.8 Å². The Hall–Kier alpha value is -2.34. The highest BCUT2D eigenvalue weighted by atomic mass is 16.5. The van der Waals surface area contributed by atoms with Gasteiger partial charge in [-0.2, -0.15) is 0 Å². The quantitative estimate of drug-likeness (QED) is 0.801. The SMILES string of the molecule is COC[C@H]1CCCN1n1c(=O)ccc2cc(C(=O)OC)ccc21. The van der Waals surface area contributed by atoms with Gasteiger partial charge in [-0.15, -0.1) is 0 Å². The molecular weight excluding hydrogens is 296 g/mol. The predicted molar refractivity (Wildman–Crippen MR) is 87.5 cm³/mol. The number of hydrogen-bond acceptors (Lipinski definition) is 5. The normalized spacial score (nSPS) is 17.7. The highest BCUT2D eigenvalue weighted by molar-refractivity contribution is 5.94. The molecule has 0 bridgehead atoms. The molecule has 6 nitrogen and oxygen atoms in total. The summed E-state index contributed by atoms with van der Waals surface area (Å²) in [6, 6.07) is 8.69. The summed E-state index contributed by atoms with van der Waals surface area (Å²) in [7, 11) is 3.03. The van der Waals surface area contributed by atoms with E-state index in [0.29, 0.717) is 12.2 Å². The van der Waals surface area contributed by atoms with Crippen LogP contribution in [0, 0.1) is 0 Å². The molecule has 122 valence electrons. The van der Waals surface area contributed by atoms with Crippen molar-refractivity contribution in [1.29, 1.82) is 0 Å². The number of methoxy groups -OCH3 is 2. The van der Waals surface area contributed by atoms with E-state index < -0.39 is 0 Å². The molecule has 23 heavy (non-hydrogen) atoms. The van der Waals surface area contributed by atoms with Crippen LogP contribution in [-0.4, -0.2) is 44.1 Å². The van der Waals surface area contributed by atoms with Crippen LogP contribution in [-0.2, 0) is 9.47 Å². The summed E-state index contributed by atoms with van der Waals surface area (Å²) in [4.78, 5) is 24.1. The smallest absolute Gasteiger partial charge is 0.337 e. The van der Waals surface area contributed by atoms with Crippen molar-refractivity contribution in [2.24, 2.45) is 0 Å². The van der Waals surface area contributed by atoms with Crippen molar-refractivity contribution in [3.63, 3.8) is 0 Å². The first kappa shape index (κ1) is 15.6. The third kappa shape index (κ3) is 2.82. The molecule has 6 heteroatoms. The molecule has 0 unspecified atom stereocenters. The number of nitrogens with zero attached hydrogens (tertiary/aromatic N) is 2. The number of hydrogen-bond donors (Lipinski definition) is 0. The number of pyridine rings is 1. The van der Waals surface area contributed by atoms with Crippen molar-refractivity contribution in [2.45, 2.75) is 18.9 Å². The second-order valence-corrected chi connectivity index (χ2v) is 5.66. The number of rotatable bonds is 4. The minimum atomic E-state index is -0.386. The summed E-state index contributed by atoms with van der Waals surface area (Å²) in [5, 5.41) is 2.89. The summed E-state index contributed by atoms with van der Waals surface area (Å²) < 4.78 is 11.7. The Morgan fingerprint density at radius 1 is 1.26 bits per heavy atom. The Labute approximate surface area is 134 Å². The number of esters is 1. The molecule has 0 radical (unpaired) electrons. The first-order valence-corrected chi connectivity index (χ1v) is 7.65. The summed E-state index contributed by atoms with van der Waals surface area (Å²) in [6.07, 6.45) is 2.02. The summed E-state index contributed by atoms with van der Waals surface area (Å²) in [5.41, 5.74) is 1.18. The molecular formula is C17H20N2O4. The lowest BCUT2D eigenvalue weighted by molar-refractivity contribution is 0.0601. The predicted octanol–water partition coefficient (Wildman–Crippen LogP) is 1.53. The minimum absolute atomic E-state index is 0.0775. The zero-order valence-corrected chi connectivity index (χ0v) is 13.3. The largest absolute Gasteiger partial charge is 0.465 e. The molecule has 2 heterocycles. The van der Waals surface area contributed by atoms with E-state index in [4.69, 9.17) is 9.47 Å². The highest BCUT2D eigenvalue weighted by Gasteiger charge is 2.26. The average Bonchev–Trinajstić information content (AvgIpc) is 3.02. The Morgan fingerprint density at radius 3 is 2.83 bits per heavy atom. The summed E-state index contributed by atoms with van der Waals surface area (Å²) in [5.74, 6) is -0.386. The van der Waals surface area contributed by atoms with Gasteiger partial charge in [0.25, 0.3) is 5.56 Å². The van der Waals surface area contributed by atoms with E-state index >= 15 is 0 Å². The average molecular weight is 316 g/mol. The van der Waals surface area contributed by atoms with E-state index in [1.165, 1.54) is 13.2 Å². The van der Waals surface area contributed by atoms with E-state index in [9.17, 15) is 9.59 Å². The molecule has 0 aliphatic carbocycles. The number of benzene rings is 1. The zero-order chi connectivity index (χ0) is 16.4. The second kappa shape index (κ2) is 6.42. The Kier molecular flexibility index (Phi) is 4.34. The summed E-state index contributed by atoms with van der Waals surface area (Å²) in [6.45, 7) is 1.40. The third-order valence-electron chi connectivity index (χ3n) is 4.25. The Bertz CT molecular complexity index is 784. The maximum atomic E-state index is 12.4. The van der Waals surface area contributed by atoms with Crippen LogP contribution < -0.4 is 10.6 Å². The monoisotopic (exact) mass is 316 g/mol. The van der Waals surface area contributed by atoms with E-state index in [0.717, 1.165) is 30.3 Å². The molecule has 1 aliphatic heterocycles. The second-order valence-electron chi connectivity index (χ2n) is 5.66. The van der Waals surface area contributed by atoms with Gasteiger partial charge >= 0.3 is 5.97 Å². The molecule has 1 aromatic carbocycles. The van der Waals surface area contributed by atoms with Crippen molar-refractivity contribution in [2.75, 3.05) is 32.4 Å². The van der Waals surface area contributed by atoms with Gasteiger partial charge in [-0.3, -0.25) is 4.79 Å². The zero-order valence-electron chi connectivity index (χ0n) is 13.3. The maximum Gasteiger partial charge on any atom is 0.337 e. The van der Waals surface area contributed by atoms with Crippen LogP contribution >= 0.6 is 0 Å². The fraction of sp³-hybridized carbons (Fsp3) is 0.412. The van der Waals surface area contributed by atoms with Gasteiger partial charge in [0.15, 0.2) is 0 Å². The van der Waals surface area contributed by atoms with Crippen molar-refractivity contribution in [3.8, 4) is 0 Å². The highest BCUT2D eigenvalue weighted by Crippen LogP contribution is 2.20. The van der Waals surface area contributed by atoms with E-state index in [2.05, 4.69) is 5.01 Å². The van der Waals surface area contributed by atoms with Gasteiger partial charge in [-0.25, -0.2) is 9.47 Å². The number of carbonyl (C=O) groups is 1. The molecule has 1 aliphatic rings. The maximum absolute atomic E-state index is 12.4. The van der Waals surface area contributed by atoms with Crippen molar-refractivity contribution < 1.29 is 14.3 Å². The molecule has 0 amide bonds. The fourth-order valence-electron chi connectivity index (χ4n) is 3.19. The van der Waals surface area contributed by atoms with Crippen LogP contribution in [0.3, 0.4) is 0 Å². The number of aromatic nitrogens is 1. The molecule has 0 spiro atoms. The van der Waals surface area contributed by atoms with Crippen LogP contribution in [0.5, 0.6) is 0 Å². The molecule has 1 atom stereocenters. The first-order valence-electron chi connectivity index (χ1n) is 7.65. The van der Waals surface area contributed by atoms with E-state index in [1.807, 2.05) is 0 Å². The number of fused-ring (bicyclic) bond motifs is 1. The Balaban J connectivity index is 2.11. The van der Waals surface area contributed by atoms with Crippen LogP contribution in [0.2, 0.25) is 0 Å². The van der Waals surface area contributed by atoms with Gasteiger partial charge in [-0.05, 0) is 37.1 Å². The molecule has 1 fully saturated rings. The van der Waals surface area contributed by atoms with Crippen molar-refractivity contribution in [3.05, 3.63) is 46.2 Å². The molecule has 2 aromatic rings. The molecule has 1 aromatic heterocycles. The summed E-state index contributed by atoms with van der Waals surface area (Å²) >= 11 is 0. The van der Waals surface area contributed by atoms with Crippen LogP contribution in [0.1, 0.15) is 23.2 Å². The van der Waals surface area contributed by atoms with Gasteiger partial charge < -0.3 is 14.5 Å². The Morgan fingerprint density at radius 2 is 2.09 bits per heavy atom. The molecule has 1 saturated heterocycles. The van der Waals surface area contributed by atoms with Crippen LogP contribution in [0.4, 0.5) is 0 Å². The minimum Gasteiger partial charge on any atom is -0.465 e. The van der Waals surface area contributed by atoms with E-state index in [-0.39, 0.29) is 17.6 Å². The van der Waals surface area contributed by atoms with E-state index in [1.54, 1.807) is 36.1 Å². The molecule has 3 rings (SSSR count). The third-order valence-corrected chi connectivity index (χ3v) is 4.25. The lowest BCUT2D eigenvalue weighted by Gasteiger charge is -2.29. The number of carbonyl (C=O) groups excluding carboxylic acids is 1. The van der Waals surface area contributed by atoms with Gasteiger partial charge in [0.1, 0.15) is 0 Å². The van der Waals surface area contributed by atoms with Crippen molar-refractivity contribution >= 4 is 16.9 Å². The van der Waals surface area contributed by atoms with Gasteiger partial charge in [0, 0.05) is 25.1 Å². The molecule has 0 saturated carbocycles. The topological polar surface area (TPSA) is 60.8 Å². The van der Waals surface area contributed by atoms with Gasteiger partial charge in [0.2, 0.25) is 0 Å². The van der Waals surface area contributed by atoms with Crippen LogP contribution in [0.25, 0.3) is 10.9 Å². The lowest BCUT2D eigenvalue weighted by atomic mass is 10.1. The van der Waals surface area contributed by atoms with Gasteiger partial charge in [-0.1, -0.05) is 0 Å². The fourth-order valence-corrected chi connectivity index (χ4v) is 3.19. The lowest BCUT2D eigenvalue weighted by Crippen LogP contribution is -2.47. The first-order chi connectivity index (χ1) is 11.2. The molecule has 0 N–H and O–H groups in total. The van der Waals surface area contributed by atoms with Crippen molar-refractivity contribution in [1.82, 2.24) is 4.68 Å². The standard InChI is InChI=1S/C17H20N2O4/c1-22-11-14-4-3-9-18(14)19-15-7-5-13(17(21)23-2)10-12(15)6-8-16(19)20/h5-8,10,14H,3-4,9,11H2,1-2H3/t14-/m1/s1. The van der Waals surface area contributed by atoms with Crippen LogP contribution in [0.15, 0.2) is 35.1 Å². The number of ether oxygens (including phenoxy) is 2.